The van der Waals surface area contributed by atoms with Gasteiger partial charge in [0.2, 0.25) is 5.91 Å². The van der Waals surface area contributed by atoms with Gasteiger partial charge in [-0.2, -0.15) is 0 Å². The van der Waals surface area contributed by atoms with Crippen molar-refractivity contribution >= 4 is 5.91 Å². The minimum Gasteiger partial charge on any atom is -0.338 e. The first kappa shape index (κ1) is 18.8. The molecule has 0 aromatic heterocycles. The molecule has 0 radical (unpaired) electrons. The summed E-state index contributed by atoms with van der Waals surface area (Å²) in [5.41, 5.74) is 2.55. The summed E-state index contributed by atoms with van der Waals surface area (Å²) in [6, 6.07) is 18.0. The number of piperidine rings is 1. The van der Waals surface area contributed by atoms with E-state index in [1.165, 1.54) is 11.1 Å². The molecule has 4 heteroatoms. The van der Waals surface area contributed by atoms with E-state index in [1.54, 1.807) is 12.1 Å². The number of amides is 1. The van der Waals surface area contributed by atoms with Crippen LogP contribution in [0.25, 0.3) is 0 Å². The summed E-state index contributed by atoms with van der Waals surface area (Å²) in [5, 5.41) is 0. The van der Waals surface area contributed by atoms with Crippen molar-refractivity contribution in [1.29, 1.82) is 0 Å². The molecule has 2 aliphatic heterocycles. The van der Waals surface area contributed by atoms with Crippen LogP contribution in [0.2, 0.25) is 0 Å². The highest BCUT2D eigenvalue weighted by atomic mass is 19.1. The largest absolute Gasteiger partial charge is 0.338 e. The van der Waals surface area contributed by atoms with Gasteiger partial charge >= 0.3 is 0 Å². The first-order chi connectivity index (χ1) is 14.2. The van der Waals surface area contributed by atoms with Gasteiger partial charge < -0.3 is 9.80 Å². The molecule has 1 saturated carbocycles. The lowest BCUT2D eigenvalue weighted by molar-refractivity contribution is -0.134. The number of fused-ring (bicyclic) bond motifs is 1. The molecule has 0 bridgehead atoms. The van der Waals surface area contributed by atoms with E-state index in [2.05, 4.69) is 40.1 Å². The minimum atomic E-state index is -0.192. The van der Waals surface area contributed by atoms with Gasteiger partial charge in [0, 0.05) is 50.0 Å². The highest BCUT2D eigenvalue weighted by Crippen LogP contribution is 2.44. The van der Waals surface area contributed by atoms with Crippen molar-refractivity contribution < 1.29 is 9.18 Å². The molecule has 2 heterocycles. The summed E-state index contributed by atoms with van der Waals surface area (Å²) in [6.45, 7) is 3.93. The van der Waals surface area contributed by atoms with Gasteiger partial charge in [-0.1, -0.05) is 42.5 Å². The molecule has 0 N–H and O–H groups in total. The first-order valence-electron chi connectivity index (χ1n) is 11.0. The van der Waals surface area contributed by atoms with Crippen LogP contribution >= 0.6 is 0 Å². The van der Waals surface area contributed by atoms with Crippen LogP contribution in [0.1, 0.15) is 36.3 Å². The summed E-state index contributed by atoms with van der Waals surface area (Å²) in [5.74, 6) is 1.18. The predicted molar refractivity (Wildman–Crippen MR) is 112 cm³/mol. The monoisotopic (exact) mass is 392 g/mol. The maximum absolute atomic E-state index is 13.5. The lowest BCUT2D eigenvalue weighted by Gasteiger charge is -2.39. The zero-order valence-electron chi connectivity index (χ0n) is 16.8. The van der Waals surface area contributed by atoms with Gasteiger partial charge in [-0.25, -0.2) is 4.39 Å². The fourth-order valence-electron chi connectivity index (χ4n) is 5.32. The van der Waals surface area contributed by atoms with Gasteiger partial charge in [0.1, 0.15) is 5.82 Å². The molecule has 29 heavy (non-hydrogen) atoms. The molecule has 3 fully saturated rings. The molecule has 1 amide bonds. The standard InChI is InChI=1S/C25H29FN2O/c26-21-10-8-19(9-11-21)22-17-28(25(29)20-6-7-20)24-13-15-27(16-23(22)24)14-12-18-4-2-1-3-5-18/h1-5,8-11,20,22-24H,6-7,12-17H2/t22-,23-,24-/m1/s1. The molecule has 0 unspecified atom stereocenters. The summed E-state index contributed by atoms with van der Waals surface area (Å²) in [4.78, 5) is 17.7. The summed E-state index contributed by atoms with van der Waals surface area (Å²) in [6.07, 6.45) is 4.22. The lowest BCUT2D eigenvalue weighted by atomic mass is 9.81. The number of halogens is 1. The Morgan fingerprint density at radius 2 is 1.72 bits per heavy atom. The highest BCUT2D eigenvalue weighted by Gasteiger charge is 2.49. The van der Waals surface area contributed by atoms with Gasteiger partial charge in [-0.15, -0.1) is 0 Å². The number of benzene rings is 2. The van der Waals surface area contributed by atoms with Gasteiger partial charge in [-0.05, 0) is 48.9 Å². The zero-order valence-corrected chi connectivity index (χ0v) is 16.8. The number of rotatable bonds is 5. The van der Waals surface area contributed by atoms with E-state index < -0.39 is 0 Å². The van der Waals surface area contributed by atoms with Crippen LogP contribution < -0.4 is 0 Å². The number of carbonyl (C=O) groups is 1. The van der Waals surface area contributed by atoms with E-state index in [-0.39, 0.29) is 11.7 Å². The van der Waals surface area contributed by atoms with E-state index in [0.29, 0.717) is 23.8 Å². The van der Waals surface area contributed by atoms with Crippen LogP contribution in [0.15, 0.2) is 54.6 Å². The molecule has 5 rings (SSSR count). The van der Waals surface area contributed by atoms with Crippen molar-refractivity contribution in [3.05, 3.63) is 71.5 Å². The van der Waals surface area contributed by atoms with Crippen molar-refractivity contribution in [2.24, 2.45) is 11.8 Å². The minimum absolute atomic E-state index is 0.192. The van der Waals surface area contributed by atoms with Crippen LogP contribution in [0.3, 0.4) is 0 Å². The molecular weight excluding hydrogens is 363 g/mol. The van der Waals surface area contributed by atoms with Crippen molar-refractivity contribution in [2.45, 2.75) is 37.6 Å². The van der Waals surface area contributed by atoms with Crippen LogP contribution in [0.5, 0.6) is 0 Å². The van der Waals surface area contributed by atoms with Crippen LogP contribution in [0, 0.1) is 17.7 Å². The van der Waals surface area contributed by atoms with E-state index in [4.69, 9.17) is 0 Å². The molecule has 3 atom stereocenters. The number of nitrogens with zero attached hydrogens (tertiary/aromatic N) is 2. The molecule has 152 valence electrons. The van der Waals surface area contributed by atoms with Gasteiger partial charge in [0.15, 0.2) is 0 Å². The number of hydrogen-bond acceptors (Lipinski definition) is 2. The fraction of sp³-hybridized carbons (Fsp3) is 0.480. The molecule has 2 aromatic carbocycles. The fourth-order valence-corrected chi connectivity index (χ4v) is 5.32. The number of likely N-dealkylation sites (tertiary alicyclic amines) is 2. The molecule has 3 aliphatic rings. The normalized spacial score (nSPS) is 27.1. The second-order valence-corrected chi connectivity index (χ2v) is 8.98. The quantitative estimate of drug-likeness (QED) is 0.765. The Hall–Kier alpha value is -2.20. The molecular formula is C25H29FN2O. The number of carbonyl (C=O) groups excluding carboxylic acids is 1. The zero-order chi connectivity index (χ0) is 19.8. The smallest absolute Gasteiger partial charge is 0.225 e. The second kappa shape index (κ2) is 7.91. The molecule has 1 aliphatic carbocycles. The Morgan fingerprint density at radius 3 is 2.45 bits per heavy atom. The summed E-state index contributed by atoms with van der Waals surface area (Å²) < 4.78 is 13.5. The molecule has 0 spiro atoms. The van der Waals surface area contributed by atoms with Crippen LogP contribution in [0.4, 0.5) is 4.39 Å². The van der Waals surface area contributed by atoms with Crippen molar-refractivity contribution in [1.82, 2.24) is 9.80 Å². The molecule has 2 aromatic rings. The lowest BCUT2D eigenvalue weighted by Crippen LogP contribution is -2.48. The Labute approximate surface area is 172 Å². The Morgan fingerprint density at radius 1 is 0.966 bits per heavy atom. The topological polar surface area (TPSA) is 23.6 Å². The summed E-state index contributed by atoms with van der Waals surface area (Å²) >= 11 is 0. The maximum Gasteiger partial charge on any atom is 0.225 e. The predicted octanol–water partition coefficient (Wildman–Crippen LogP) is 4.09. The average molecular weight is 393 g/mol. The molecule has 3 nitrogen and oxygen atoms in total. The van der Waals surface area contributed by atoms with Gasteiger partial charge in [-0.3, -0.25) is 4.79 Å². The van der Waals surface area contributed by atoms with Crippen LogP contribution in [-0.4, -0.2) is 47.9 Å². The van der Waals surface area contributed by atoms with Gasteiger partial charge in [0.25, 0.3) is 0 Å². The van der Waals surface area contributed by atoms with Gasteiger partial charge in [0.05, 0.1) is 0 Å². The second-order valence-electron chi connectivity index (χ2n) is 8.98. The third kappa shape index (κ3) is 3.95. The van der Waals surface area contributed by atoms with Crippen LogP contribution in [-0.2, 0) is 11.2 Å². The van der Waals surface area contributed by atoms with Crippen molar-refractivity contribution in [3.8, 4) is 0 Å². The van der Waals surface area contributed by atoms with E-state index >= 15 is 0 Å². The Balaban J connectivity index is 1.32. The van der Waals surface area contributed by atoms with E-state index in [0.717, 1.165) is 51.9 Å². The van der Waals surface area contributed by atoms with Crippen molar-refractivity contribution in [2.75, 3.05) is 26.2 Å². The highest BCUT2D eigenvalue weighted by molar-refractivity contribution is 5.82. The Kier molecular flexibility index (Phi) is 5.13. The maximum atomic E-state index is 13.5. The van der Waals surface area contributed by atoms with E-state index in [1.807, 2.05) is 12.1 Å². The Bertz CT molecular complexity index is 849. The summed E-state index contributed by atoms with van der Waals surface area (Å²) in [7, 11) is 0. The third-order valence-electron chi connectivity index (χ3n) is 7.08. The third-order valence-corrected chi connectivity index (χ3v) is 7.08. The SMILES string of the molecule is O=C(C1CC1)N1C[C@H](c2ccc(F)cc2)[C@H]2CN(CCc3ccccc3)CC[C@H]21. The van der Waals surface area contributed by atoms with E-state index in [9.17, 15) is 9.18 Å². The number of hydrogen-bond donors (Lipinski definition) is 0. The first-order valence-corrected chi connectivity index (χ1v) is 11.0. The molecule has 2 saturated heterocycles. The van der Waals surface area contributed by atoms with Crippen molar-refractivity contribution in [3.63, 3.8) is 0 Å². The average Bonchev–Trinajstić information content (AvgIpc) is 3.54.